The first-order chi connectivity index (χ1) is 10.9. The van der Waals surface area contributed by atoms with Crippen molar-refractivity contribution in [3.05, 3.63) is 28.2 Å². The van der Waals surface area contributed by atoms with E-state index in [9.17, 15) is 9.59 Å². The molecule has 0 aliphatic rings. The number of unbranched alkanes of at least 4 members (excludes halogenated alkanes) is 3. The van der Waals surface area contributed by atoms with E-state index in [1.54, 1.807) is 25.2 Å². The molecule has 2 amide bonds. The van der Waals surface area contributed by atoms with Crippen LogP contribution in [0.4, 0.5) is 5.69 Å². The molecule has 1 rings (SSSR count). The number of amides is 2. The highest BCUT2D eigenvalue weighted by Crippen LogP contribution is 2.24. The minimum atomic E-state index is -0.276. The number of halogens is 3. The van der Waals surface area contributed by atoms with Crippen LogP contribution >= 0.6 is 35.6 Å². The molecule has 0 aliphatic heterocycles. The monoisotopic (exact) mass is 395 g/mol. The van der Waals surface area contributed by atoms with E-state index in [2.05, 4.69) is 5.32 Å². The molecule has 0 saturated heterocycles. The number of carbonyl (C=O) groups is 2. The SMILES string of the molecule is CN(CC(=O)Nc1ccc(Cl)c(Cl)c1)C(=O)CCCCCCN.Cl. The van der Waals surface area contributed by atoms with Crippen molar-refractivity contribution in [3.8, 4) is 0 Å². The van der Waals surface area contributed by atoms with Crippen LogP contribution in [0.1, 0.15) is 32.1 Å². The topological polar surface area (TPSA) is 75.4 Å². The van der Waals surface area contributed by atoms with Gasteiger partial charge in [0.2, 0.25) is 11.8 Å². The van der Waals surface area contributed by atoms with Crippen LogP contribution in [0.3, 0.4) is 0 Å². The molecular weight excluding hydrogens is 373 g/mol. The van der Waals surface area contributed by atoms with Gasteiger partial charge in [0.25, 0.3) is 0 Å². The summed E-state index contributed by atoms with van der Waals surface area (Å²) < 4.78 is 0. The number of carbonyl (C=O) groups excluding carboxylic acids is 2. The lowest BCUT2D eigenvalue weighted by atomic mass is 10.1. The Balaban J connectivity index is 0.00000529. The Morgan fingerprint density at radius 1 is 1.12 bits per heavy atom. The van der Waals surface area contributed by atoms with E-state index in [1.165, 1.54) is 4.90 Å². The molecule has 0 aliphatic carbocycles. The Morgan fingerprint density at radius 2 is 1.79 bits per heavy atom. The summed E-state index contributed by atoms with van der Waals surface area (Å²) in [5, 5.41) is 3.48. The van der Waals surface area contributed by atoms with Crippen LogP contribution < -0.4 is 11.1 Å². The van der Waals surface area contributed by atoms with Gasteiger partial charge in [-0.3, -0.25) is 9.59 Å². The Hall–Kier alpha value is -1.01. The van der Waals surface area contributed by atoms with Crippen LogP contribution in [0, 0.1) is 0 Å². The second-order valence-electron chi connectivity index (χ2n) is 5.38. The van der Waals surface area contributed by atoms with Gasteiger partial charge in [-0.25, -0.2) is 0 Å². The zero-order valence-electron chi connectivity index (χ0n) is 13.7. The summed E-state index contributed by atoms with van der Waals surface area (Å²) in [5.41, 5.74) is 5.97. The number of nitrogens with two attached hydrogens (primary N) is 1. The first-order valence-corrected chi connectivity index (χ1v) is 8.38. The van der Waals surface area contributed by atoms with Gasteiger partial charge < -0.3 is 16.0 Å². The number of rotatable bonds is 9. The summed E-state index contributed by atoms with van der Waals surface area (Å²) in [7, 11) is 1.62. The molecule has 0 heterocycles. The minimum absolute atomic E-state index is 0. The number of hydrogen-bond acceptors (Lipinski definition) is 3. The van der Waals surface area contributed by atoms with Crippen molar-refractivity contribution in [1.29, 1.82) is 0 Å². The lowest BCUT2D eigenvalue weighted by molar-refractivity contribution is -0.133. The van der Waals surface area contributed by atoms with Crippen molar-refractivity contribution in [1.82, 2.24) is 4.90 Å². The standard InChI is InChI=1S/C16H23Cl2N3O2.ClH/c1-21(16(23)6-4-2-3-5-9-19)11-15(22)20-12-7-8-13(17)14(18)10-12;/h7-8,10H,2-6,9,11,19H2,1H3,(H,20,22);1H. The van der Waals surface area contributed by atoms with Crippen molar-refractivity contribution in [2.45, 2.75) is 32.1 Å². The third-order valence-electron chi connectivity index (χ3n) is 3.35. The molecule has 5 nitrogen and oxygen atoms in total. The van der Waals surface area contributed by atoms with Crippen LogP contribution in [0.2, 0.25) is 10.0 Å². The molecule has 0 unspecified atom stereocenters. The highest BCUT2D eigenvalue weighted by atomic mass is 35.5. The molecule has 0 bridgehead atoms. The molecule has 1 aromatic rings. The molecule has 0 spiro atoms. The van der Waals surface area contributed by atoms with Gasteiger partial charge in [0.05, 0.1) is 16.6 Å². The zero-order valence-corrected chi connectivity index (χ0v) is 16.0. The van der Waals surface area contributed by atoms with Crippen molar-refractivity contribution in [2.24, 2.45) is 5.73 Å². The van der Waals surface area contributed by atoms with Crippen molar-refractivity contribution < 1.29 is 9.59 Å². The van der Waals surface area contributed by atoms with Gasteiger partial charge in [0, 0.05) is 19.2 Å². The second-order valence-corrected chi connectivity index (χ2v) is 6.19. The van der Waals surface area contributed by atoms with Crippen molar-refractivity contribution >= 4 is 53.1 Å². The fraction of sp³-hybridized carbons (Fsp3) is 0.500. The highest BCUT2D eigenvalue weighted by molar-refractivity contribution is 6.42. The Kier molecular flexibility index (Phi) is 11.8. The number of likely N-dealkylation sites (N-methyl/N-ethyl adjacent to an activating group) is 1. The maximum absolute atomic E-state index is 11.9. The van der Waals surface area contributed by atoms with Crippen LogP contribution in [-0.4, -0.2) is 36.9 Å². The van der Waals surface area contributed by atoms with Crippen LogP contribution in [-0.2, 0) is 9.59 Å². The third-order valence-corrected chi connectivity index (χ3v) is 4.09. The van der Waals surface area contributed by atoms with E-state index >= 15 is 0 Å². The maximum Gasteiger partial charge on any atom is 0.243 e. The van der Waals surface area contributed by atoms with Gasteiger partial charge in [-0.2, -0.15) is 0 Å². The van der Waals surface area contributed by atoms with Gasteiger partial charge in [0.1, 0.15) is 0 Å². The third kappa shape index (κ3) is 8.73. The summed E-state index contributed by atoms with van der Waals surface area (Å²) in [4.78, 5) is 25.3. The molecule has 136 valence electrons. The molecule has 0 saturated carbocycles. The summed E-state index contributed by atoms with van der Waals surface area (Å²) >= 11 is 11.7. The first-order valence-electron chi connectivity index (χ1n) is 7.63. The predicted octanol–water partition coefficient (Wildman–Crippen LogP) is 3.72. The maximum atomic E-state index is 11.9. The summed E-state index contributed by atoms with van der Waals surface area (Å²) in [5.74, 6) is -0.315. The zero-order chi connectivity index (χ0) is 17.2. The summed E-state index contributed by atoms with van der Waals surface area (Å²) in [6, 6.07) is 4.84. The highest BCUT2D eigenvalue weighted by Gasteiger charge is 2.13. The van der Waals surface area contributed by atoms with Crippen LogP contribution in [0.5, 0.6) is 0 Å². The quantitative estimate of drug-likeness (QED) is 0.625. The molecule has 0 fully saturated rings. The van der Waals surface area contributed by atoms with Crippen LogP contribution in [0.15, 0.2) is 18.2 Å². The molecule has 0 aromatic heterocycles. The van der Waals surface area contributed by atoms with Crippen LogP contribution in [0.25, 0.3) is 0 Å². The molecule has 3 N–H and O–H groups in total. The Bertz CT molecular complexity index is 541. The van der Waals surface area contributed by atoms with E-state index < -0.39 is 0 Å². The number of benzene rings is 1. The number of hydrogen-bond donors (Lipinski definition) is 2. The smallest absolute Gasteiger partial charge is 0.243 e. The molecule has 8 heteroatoms. The van der Waals surface area contributed by atoms with Gasteiger partial charge in [-0.15, -0.1) is 12.4 Å². The summed E-state index contributed by atoms with van der Waals surface area (Å²) in [6.45, 7) is 0.685. The Morgan fingerprint density at radius 3 is 2.42 bits per heavy atom. The first kappa shape index (κ1) is 23.0. The van der Waals surface area contributed by atoms with E-state index in [1.807, 2.05) is 0 Å². The van der Waals surface area contributed by atoms with Crippen molar-refractivity contribution in [2.75, 3.05) is 25.5 Å². The summed E-state index contributed by atoms with van der Waals surface area (Å²) in [6.07, 6.45) is 4.26. The normalized spacial score (nSPS) is 10.0. The average Bonchev–Trinajstić information content (AvgIpc) is 2.50. The molecule has 24 heavy (non-hydrogen) atoms. The molecular formula is C16H24Cl3N3O2. The molecule has 0 radical (unpaired) electrons. The fourth-order valence-corrected chi connectivity index (χ4v) is 2.34. The lowest BCUT2D eigenvalue weighted by Gasteiger charge is -2.17. The van der Waals surface area contributed by atoms with E-state index in [0.29, 0.717) is 28.7 Å². The van der Waals surface area contributed by atoms with Gasteiger partial charge in [-0.05, 0) is 37.6 Å². The fourth-order valence-electron chi connectivity index (χ4n) is 2.04. The van der Waals surface area contributed by atoms with E-state index in [0.717, 1.165) is 25.7 Å². The lowest BCUT2D eigenvalue weighted by Crippen LogP contribution is -2.34. The average molecular weight is 397 g/mol. The van der Waals surface area contributed by atoms with Crippen molar-refractivity contribution in [3.63, 3.8) is 0 Å². The van der Waals surface area contributed by atoms with Gasteiger partial charge >= 0.3 is 0 Å². The second kappa shape index (κ2) is 12.4. The van der Waals surface area contributed by atoms with E-state index in [4.69, 9.17) is 28.9 Å². The minimum Gasteiger partial charge on any atom is -0.336 e. The Labute approximate surface area is 159 Å². The number of nitrogens with one attached hydrogen (secondary N) is 1. The largest absolute Gasteiger partial charge is 0.336 e. The predicted molar refractivity (Wildman–Crippen MR) is 102 cm³/mol. The van der Waals surface area contributed by atoms with Gasteiger partial charge in [0.15, 0.2) is 0 Å². The molecule has 1 aromatic carbocycles. The number of anilines is 1. The van der Waals surface area contributed by atoms with E-state index in [-0.39, 0.29) is 30.8 Å². The number of nitrogens with zero attached hydrogens (tertiary/aromatic N) is 1. The molecule has 0 atom stereocenters. The van der Waals surface area contributed by atoms with Gasteiger partial charge in [-0.1, -0.05) is 36.0 Å².